The van der Waals surface area contributed by atoms with E-state index >= 15 is 0 Å². The van der Waals surface area contributed by atoms with Crippen LogP contribution in [0.15, 0.2) is 24.3 Å². The van der Waals surface area contributed by atoms with Crippen molar-refractivity contribution in [3.8, 4) is 0 Å². The predicted molar refractivity (Wildman–Crippen MR) is 88.8 cm³/mol. The third kappa shape index (κ3) is 6.76. The summed E-state index contributed by atoms with van der Waals surface area (Å²) in [5.74, 6) is -1.46. The number of carbonyl (C=O) groups is 2. The van der Waals surface area contributed by atoms with Crippen molar-refractivity contribution in [2.45, 2.75) is 57.7 Å². The van der Waals surface area contributed by atoms with E-state index in [-0.39, 0.29) is 12.5 Å². The Morgan fingerprint density at radius 1 is 1.12 bits per heavy atom. The number of amides is 2. The van der Waals surface area contributed by atoms with E-state index in [2.05, 4.69) is 5.32 Å². The summed E-state index contributed by atoms with van der Waals surface area (Å²) in [6.45, 7) is -0.246. The largest absolute Gasteiger partial charge is 0.471 e. The zero-order valence-electron chi connectivity index (χ0n) is 14.0. The summed E-state index contributed by atoms with van der Waals surface area (Å²) < 4.78 is 36.5. The minimum atomic E-state index is -4.90. The number of alkyl halides is 3. The molecule has 25 heavy (non-hydrogen) atoms. The number of halogens is 3. The highest BCUT2D eigenvalue weighted by Gasteiger charge is 2.38. The van der Waals surface area contributed by atoms with E-state index in [9.17, 15) is 22.8 Å². The normalized spacial score (nSPS) is 15.6. The fourth-order valence-corrected chi connectivity index (χ4v) is 3.08. The average Bonchev–Trinajstić information content (AvgIpc) is 2.58. The van der Waals surface area contributed by atoms with Gasteiger partial charge in [-0.3, -0.25) is 9.59 Å². The predicted octanol–water partition coefficient (Wildman–Crippen LogP) is 4.16. The van der Waals surface area contributed by atoms with Gasteiger partial charge in [0.1, 0.15) is 0 Å². The molecule has 2 rings (SSSR count). The molecule has 4 nitrogen and oxygen atoms in total. The van der Waals surface area contributed by atoms with Gasteiger partial charge in [0.2, 0.25) is 5.91 Å². The molecule has 1 aliphatic rings. The number of nitrogens with one attached hydrogen (secondary N) is 2. The molecular weight excluding hydrogens is 333 g/mol. The van der Waals surface area contributed by atoms with Crippen LogP contribution in [0.25, 0.3) is 0 Å². The third-order valence-corrected chi connectivity index (χ3v) is 4.43. The van der Waals surface area contributed by atoms with Crippen LogP contribution in [-0.4, -0.2) is 18.0 Å². The van der Waals surface area contributed by atoms with Crippen LogP contribution >= 0.6 is 0 Å². The number of rotatable bonds is 6. The second-order valence-corrected chi connectivity index (χ2v) is 6.47. The van der Waals surface area contributed by atoms with Gasteiger partial charge < -0.3 is 10.6 Å². The number of hydrogen-bond donors (Lipinski definition) is 2. The van der Waals surface area contributed by atoms with Crippen LogP contribution in [0.4, 0.5) is 18.9 Å². The van der Waals surface area contributed by atoms with Crippen LogP contribution in [0, 0.1) is 5.92 Å². The maximum Gasteiger partial charge on any atom is 0.471 e. The molecule has 0 heterocycles. The van der Waals surface area contributed by atoms with Gasteiger partial charge in [-0.25, -0.2) is 0 Å². The van der Waals surface area contributed by atoms with Crippen LogP contribution in [-0.2, 0) is 16.1 Å². The summed E-state index contributed by atoms with van der Waals surface area (Å²) in [5.41, 5.74) is 1.01. The zero-order chi connectivity index (χ0) is 18.3. The standard InChI is InChI=1S/C18H23F3N2O2/c19-18(20,21)17(25)22-12-14-7-4-8-15(11-14)23-16(24)10-9-13-5-2-1-3-6-13/h4,7-8,11,13H,1-3,5-6,9-10,12H2,(H,22,25)(H,23,24). The molecule has 138 valence electrons. The van der Waals surface area contributed by atoms with Crippen molar-refractivity contribution in [2.24, 2.45) is 5.92 Å². The van der Waals surface area contributed by atoms with Crippen molar-refractivity contribution in [3.05, 3.63) is 29.8 Å². The van der Waals surface area contributed by atoms with Crippen molar-refractivity contribution in [1.29, 1.82) is 0 Å². The number of benzene rings is 1. The van der Waals surface area contributed by atoms with Gasteiger partial charge in [0, 0.05) is 18.7 Å². The van der Waals surface area contributed by atoms with Crippen LogP contribution in [0.5, 0.6) is 0 Å². The maximum absolute atomic E-state index is 12.2. The van der Waals surface area contributed by atoms with E-state index in [1.165, 1.54) is 32.1 Å². The first-order chi connectivity index (χ1) is 11.8. The van der Waals surface area contributed by atoms with Crippen LogP contribution in [0.1, 0.15) is 50.5 Å². The molecule has 2 N–H and O–H groups in total. The quantitative estimate of drug-likeness (QED) is 0.804. The van der Waals surface area contributed by atoms with Crippen molar-refractivity contribution in [2.75, 3.05) is 5.32 Å². The second-order valence-electron chi connectivity index (χ2n) is 6.47. The lowest BCUT2D eigenvalue weighted by Gasteiger charge is -2.21. The summed E-state index contributed by atoms with van der Waals surface area (Å²) >= 11 is 0. The summed E-state index contributed by atoms with van der Waals surface area (Å²) in [6.07, 6.45) is 2.53. The van der Waals surface area contributed by atoms with E-state index in [4.69, 9.17) is 0 Å². The fourth-order valence-electron chi connectivity index (χ4n) is 3.08. The van der Waals surface area contributed by atoms with Crippen LogP contribution in [0.2, 0.25) is 0 Å². The van der Waals surface area contributed by atoms with Gasteiger partial charge >= 0.3 is 12.1 Å². The molecule has 0 spiro atoms. The first kappa shape index (κ1) is 19.3. The SMILES string of the molecule is O=C(CCC1CCCCC1)Nc1cccc(CNC(=O)C(F)(F)F)c1. The highest BCUT2D eigenvalue weighted by atomic mass is 19.4. The Morgan fingerprint density at radius 3 is 2.52 bits per heavy atom. The topological polar surface area (TPSA) is 58.2 Å². The molecule has 0 aromatic heterocycles. The molecule has 0 aliphatic heterocycles. The lowest BCUT2D eigenvalue weighted by Crippen LogP contribution is -2.36. The van der Waals surface area contributed by atoms with E-state index in [0.717, 1.165) is 6.42 Å². The van der Waals surface area contributed by atoms with Gasteiger partial charge in [-0.15, -0.1) is 0 Å². The summed E-state index contributed by atoms with van der Waals surface area (Å²) in [6, 6.07) is 6.46. The minimum absolute atomic E-state index is 0.0953. The molecule has 7 heteroatoms. The molecule has 1 aliphatic carbocycles. The highest BCUT2D eigenvalue weighted by molar-refractivity contribution is 5.90. The lowest BCUT2D eigenvalue weighted by molar-refractivity contribution is -0.173. The second kappa shape index (κ2) is 8.87. The van der Waals surface area contributed by atoms with Crippen molar-refractivity contribution in [3.63, 3.8) is 0 Å². The molecule has 0 saturated heterocycles. The molecule has 0 unspecified atom stereocenters. The molecule has 1 aromatic carbocycles. The van der Waals surface area contributed by atoms with Gasteiger partial charge in [-0.1, -0.05) is 44.2 Å². The van der Waals surface area contributed by atoms with Crippen molar-refractivity contribution >= 4 is 17.5 Å². The number of carbonyl (C=O) groups excluding carboxylic acids is 2. The van der Waals surface area contributed by atoms with E-state index < -0.39 is 12.1 Å². The van der Waals surface area contributed by atoms with Gasteiger partial charge in [-0.05, 0) is 30.0 Å². The molecule has 1 saturated carbocycles. The molecule has 1 fully saturated rings. The number of hydrogen-bond acceptors (Lipinski definition) is 2. The molecular formula is C18H23F3N2O2. The number of anilines is 1. The van der Waals surface area contributed by atoms with Crippen molar-refractivity contribution < 1.29 is 22.8 Å². The van der Waals surface area contributed by atoms with E-state index in [1.807, 2.05) is 5.32 Å². The molecule has 0 atom stereocenters. The first-order valence-corrected chi connectivity index (χ1v) is 8.58. The average molecular weight is 356 g/mol. The summed E-state index contributed by atoms with van der Waals surface area (Å²) in [4.78, 5) is 22.9. The monoisotopic (exact) mass is 356 g/mol. The van der Waals surface area contributed by atoms with E-state index in [1.54, 1.807) is 24.3 Å². The Balaban J connectivity index is 1.79. The smallest absolute Gasteiger partial charge is 0.344 e. The van der Waals surface area contributed by atoms with Crippen molar-refractivity contribution in [1.82, 2.24) is 5.32 Å². The van der Waals surface area contributed by atoms with E-state index in [0.29, 0.717) is 23.6 Å². The Bertz CT molecular complexity index is 596. The Labute approximate surface area is 145 Å². The molecule has 1 aromatic rings. The summed E-state index contributed by atoms with van der Waals surface area (Å²) in [5, 5.41) is 4.58. The maximum atomic E-state index is 12.2. The molecule has 0 radical (unpaired) electrons. The molecule has 2 amide bonds. The lowest BCUT2D eigenvalue weighted by atomic mass is 9.86. The Morgan fingerprint density at radius 2 is 1.84 bits per heavy atom. The Kier molecular flexibility index (Phi) is 6.84. The van der Waals surface area contributed by atoms with Gasteiger partial charge in [0.05, 0.1) is 0 Å². The van der Waals surface area contributed by atoms with Gasteiger partial charge in [-0.2, -0.15) is 13.2 Å². The minimum Gasteiger partial charge on any atom is -0.344 e. The van der Waals surface area contributed by atoms with Gasteiger partial charge in [0.25, 0.3) is 0 Å². The Hall–Kier alpha value is -2.05. The zero-order valence-corrected chi connectivity index (χ0v) is 14.0. The van der Waals surface area contributed by atoms with Crippen LogP contribution < -0.4 is 10.6 Å². The fraction of sp³-hybridized carbons (Fsp3) is 0.556. The van der Waals surface area contributed by atoms with Gasteiger partial charge in [0.15, 0.2) is 0 Å². The highest BCUT2D eigenvalue weighted by Crippen LogP contribution is 2.27. The third-order valence-electron chi connectivity index (χ3n) is 4.43. The first-order valence-electron chi connectivity index (χ1n) is 8.58. The van der Waals surface area contributed by atoms with Crippen LogP contribution in [0.3, 0.4) is 0 Å². The summed E-state index contributed by atoms with van der Waals surface area (Å²) in [7, 11) is 0. The molecule has 0 bridgehead atoms.